The van der Waals surface area contributed by atoms with Crippen LogP contribution in [0, 0.1) is 0 Å². The van der Waals surface area contributed by atoms with Gasteiger partial charge in [-0.1, -0.05) is 64.5 Å². The molecule has 1 saturated heterocycles. The van der Waals surface area contributed by atoms with E-state index < -0.39 is 23.4 Å². The van der Waals surface area contributed by atoms with E-state index in [0.717, 1.165) is 25.7 Å². The Morgan fingerprint density at radius 3 is 2.55 bits per heavy atom. The Kier molecular flexibility index (Phi) is 5.54. The molecule has 4 amide bonds. The molecule has 1 heterocycles. The van der Waals surface area contributed by atoms with Crippen LogP contribution >= 0.6 is 15.9 Å². The maximum atomic E-state index is 13.0. The molecule has 0 aliphatic carbocycles. The van der Waals surface area contributed by atoms with Crippen LogP contribution in [-0.2, 0) is 15.1 Å². The summed E-state index contributed by atoms with van der Waals surface area (Å²) < 4.78 is 0.800. The van der Waals surface area contributed by atoms with Crippen LogP contribution in [0.25, 0.3) is 10.8 Å². The zero-order valence-electron chi connectivity index (χ0n) is 17.2. The van der Waals surface area contributed by atoms with Gasteiger partial charge in [0.2, 0.25) is 5.91 Å². The van der Waals surface area contributed by atoms with Crippen molar-refractivity contribution in [1.82, 2.24) is 15.5 Å². The molecule has 0 saturated carbocycles. The molecule has 2 unspecified atom stereocenters. The lowest BCUT2D eigenvalue weighted by Crippen LogP contribution is -2.43. The fourth-order valence-corrected chi connectivity index (χ4v) is 4.23. The number of amides is 4. The minimum Gasteiger partial charge on any atom is -0.348 e. The topological polar surface area (TPSA) is 78.5 Å². The first kappa shape index (κ1) is 21.1. The predicted octanol–water partition coefficient (Wildman–Crippen LogP) is 4.25. The molecular weight excluding hydrogens is 458 g/mol. The molecule has 2 atom stereocenters. The number of carbonyl (C=O) groups is 3. The van der Waals surface area contributed by atoms with Crippen molar-refractivity contribution in [2.24, 2.45) is 0 Å². The van der Waals surface area contributed by atoms with Crippen molar-refractivity contribution in [3.8, 4) is 0 Å². The first-order chi connectivity index (χ1) is 14.8. The molecule has 1 fully saturated rings. The van der Waals surface area contributed by atoms with Crippen molar-refractivity contribution < 1.29 is 14.4 Å². The van der Waals surface area contributed by atoms with E-state index in [2.05, 4.69) is 26.6 Å². The standard InChI is InChI=1S/C24H22BrN3O3/c1-15(17-11-10-16-6-3-4-7-18(16)12-17)26-21(29)14-28-22(30)24(2,27-23(28)31)19-8-5-9-20(25)13-19/h3-13,15H,14H2,1-2H3,(H,26,29)(H,27,31). The third kappa shape index (κ3) is 4.05. The first-order valence-electron chi connectivity index (χ1n) is 9.96. The van der Waals surface area contributed by atoms with Crippen LogP contribution in [-0.4, -0.2) is 29.3 Å². The monoisotopic (exact) mass is 479 g/mol. The summed E-state index contributed by atoms with van der Waals surface area (Å²) in [6.07, 6.45) is 0. The fraction of sp³-hybridized carbons (Fsp3) is 0.208. The van der Waals surface area contributed by atoms with E-state index in [1.807, 2.05) is 55.5 Å². The van der Waals surface area contributed by atoms with Gasteiger partial charge in [-0.15, -0.1) is 0 Å². The van der Waals surface area contributed by atoms with Crippen molar-refractivity contribution in [3.05, 3.63) is 82.3 Å². The van der Waals surface area contributed by atoms with Crippen LogP contribution in [0.1, 0.15) is 31.0 Å². The molecule has 3 aromatic rings. The molecule has 0 bridgehead atoms. The molecule has 0 aromatic heterocycles. The van der Waals surface area contributed by atoms with E-state index in [-0.39, 0.29) is 12.6 Å². The van der Waals surface area contributed by atoms with Crippen LogP contribution in [0.2, 0.25) is 0 Å². The smallest absolute Gasteiger partial charge is 0.325 e. The number of hydrogen-bond donors (Lipinski definition) is 2. The van der Waals surface area contributed by atoms with Gasteiger partial charge in [0.15, 0.2) is 0 Å². The molecule has 1 aliphatic heterocycles. The molecule has 6 nitrogen and oxygen atoms in total. The molecule has 3 aromatic carbocycles. The van der Waals surface area contributed by atoms with Crippen LogP contribution in [0.15, 0.2) is 71.2 Å². The molecule has 2 N–H and O–H groups in total. The number of nitrogens with zero attached hydrogens (tertiary/aromatic N) is 1. The van der Waals surface area contributed by atoms with Crippen LogP contribution < -0.4 is 10.6 Å². The SMILES string of the molecule is CC(NC(=O)CN1C(=O)NC(C)(c2cccc(Br)c2)C1=O)c1ccc2ccccc2c1. The summed E-state index contributed by atoms with van der Waals surface area (Å²) >= 11 is 3.39. The number of rotatable bonds is 5. The maximum absolute atomic E-state index is 13.0. The van der Waals surface area contributed by atoms with Gasteiger partial charge in [0, 0.05) is 4.47 Å². The van der Waals surface area contributed by atoms with E-state index in [9.17, 15) is 14.4 Å². The van der Waals surface area contributed by atoms with E-state index >= 15 is 0 Å². The lowest BCUT2D eigenvalue weighted by atomic mass is 9.92. The zero-order valence-corrected chi connectivity index (χ0v) is 18.8. The van der Waals surface area contributed by atoms with Crippen molar-refractivity contribution in [2.45, 2.75) is 25.4 Å². The van der Waals surface area contributed by atoms with Gasteiger partial charge in [0.05, 0.1) is 6.04 Å². The number of imide groups is 1. The second-order valence-corrected chi connectivity index (χ2v) is 8.77. The third-order valence-electron chi connectivity index (χ3n) is 5.63. The molecule has 0 spiro atoms. The highest BCUT2D eigenvalue weighted by molar-refractivity contribution is 9.10. The quantitative estimate of drug-likeness (QED) is 0.537. The summed E-state index contributed by atoms with van der Waals surface area (Å²) in [5, 5.41) is 7.81. The molecular formula is C24H22BrN3O3. The molecule has 7 heteroatoms. The van der Waals surface area contributed by atoms with Gasteiger partial charge in [-0.25, -0.2) is 4.79 Å². The summed E-state index contributed by atoms with van der Waals surface area (Å²) in [7, 11) is 0. The summed E-state index contributed by atoms with van der Waals surface area (Å²) in [6.45, 7) is 3.18. The second kappa shape index (κ2) is 8.15. The van der Waals surface area contributed by atoms with Crippen LogP contribution in [0.4, 0.5) is 4.79 Å². The highest BCUT2D eigenvalue weighted by atomic mass is 79.9. The lowest BCUT2D eigenvalue weighted by molar-refractivity contribution is -0.135. The highest BCUT2D eigenvalue weighted by Gasteiger charge is 2.49. The number of benzene rings is 3. The highest BCUT2D eigenvalue weighted by Crippen LogP contribution is 2.30. The normalized spacial score (nSPS) is 19.4. The average Bonchev–Trinajstić information content (AvgIpc) is 2.97. The van der Waals surface area contributed by atoms with Gasteiger partial charge < -0.3 is 10.6 Å². The second-order valence-electron chi connectivity index (χ2n) is 7.85. The Labute approximate surface area is 188 Å². The number of halogens is 1. The Hall–Kier alpha value is -3.19. The minimum atomic E-state index is -1.22. The number of urea groups is 1. The summed E-state index contributed by atoms with van der Waals surface area (Å²) in [5.74, 6) is -0.855. The van der Waals surface area contributed by atoms with Crippen molar-refractivity contribution in [2.75, 3.05) is 6.54 Å². The Morgan fingerprint density at radius 2 is 1.81 bits per heavy atom. The fourth-order valence-electron chi connectivity index (χ4n) is 3.83. The van der Waals surface area contributed by atoms with Crippen molar-refractivity contribution in [3.63, 3.8) is 0 Å². The van der Waals surface area contributed by atoms with Crippen LogP contribution in [0.5, 0.6) is 0 Å². The van der Waals surface area contributed by atoms with Gasteiger partial charge in [0.1, 0.15) is 12.1 Å². The summed E-state index contributed by atoms with van der Waals surface area (Å²) in [5.41, 5.74) is 0.376. The zero-order chi connectivity index (χ0) is 22.2. The number of fused-ring (bicyclic) bond motifs is 1. The number of hydrogen-bond acceptors (Lipinski definition) is 3. The van der Waals surface area contributed by atoms with Crippen molar-refractivity contribution >= 4 is 44.5 Å². The minimum absolute atomic E-state index is 0.269. The van der Waals surface area contributed by atoms with Gasteiger partial charge in [-0.2, -0.15) is 0 Å². The van der Waals surface area contributed by atoms with Gasteiger partial charge >= 0.3 is 6.03 Å². The number of nitrogens with one attached hydrogen (secondary N) is 2. The van der Waals surface area contributed by atoms with Gasteiger partial charge in [-0.3, -0.25) is 14.5 Å². The maximum Gasteiger partial charge on any atom is 0.325 e. The van der Waals surface area contributed by atoms with E-state index in [1.54, 1.807) is 25.1 Å². The van der Waals surface area contributed by atoms with Gasteiger partial charge in [0.25, 0.3) is 5.91 Å². The van der Waals surface area contributed by atoms with E-state index in [1.165, 1.54) is 0 Å². The molecule has 158 valence electrons. The third-order valence-corrected chi connectivity index (χ3v) is 6.12. The average molecular weight is 480 g/mol. The molecule has 31 heavy (non-hydrogen) atoms. The van der Waals surface area contributed by atoms with E-state index in [4.69, 9.17) is 0 Å². The first-order valence-corrected chi connectivity index (χ1v) is 10.8. The Balaban J connectivity index is 1.46. The Morgan fingerprint density at radius 1 is 1.06 bits per heavy atom. The predicted molar refractivity (Wildman–Crippen MR) is 122 cm³/mol. The lowest BCUT2D eigenvalue weighted by Gasteiger charge is -2.22. The largest absolute Gasteiger partial charge is 0.348 e. The molecule has 4 rings (SSSR count). The summed E-state index contributed by atoms with van der Waals surface area (Å²) in [6, 6.07) is 20.3. The van der Waals surface area contributed by atoms with E-state index in [0.29, 0.717) is 5.56 Å². The van der Waals surface area contributed by atoms with Gasteiger partial charge in [-0.05, 0) is 53.9 Å². The molecule has 0 radical (unpaired) electrons. The van der Waals surface area contributed by atoms with Crippen molar-refractivity contribution in [1.29, 1.82) is 0 Å². The Bertz CT molecular complexity index is 1200. The number of carbonyl (C=O) groups excluding carboxylic acids is 3. The molecule has 1 aliphatic rings. The summed E-state index contributed by atoms with van der Waals surface area (Å²) in [4.78, 5) is 39.1. The van der Waals surface area contributed by atoms with Crippen LogP contribution in [0.3, 0.4) is 0 Å².